The molecule has 1 saturated heterocycles. The molecule has 0 amide bonds. The van der Waals surface area contributed by atoms with Gasteiger partial charge < -0.3 is 4.74 Å². The fourth-order valence-corrected chi connectivity index (χ4v) is 2.52. The Morgan fingerprint density at radius 1 is 1.38 bits per heavy atom. The van der Waals surface area contributed by atoms with Gasteiger partial charge in [-0.15, -0.1) is 5.10 Å². The maximum absolute atomic E-state index is 5.77. The SMILES string of the molecule is Cc1ccc(OC2CCN(SS)CC2)nn1. The molecule has 0 N–H and O–H groups in total. The third-order valence-corrected chi connectivity index (χ3v) is 3.87. The van der Waals surface area contributed by atoms with E-state index in [4.69, 9.17) is 4.74 Å². The molecule has 2 heterocycles. The van der Waals surface area contributed by atoms with Crippen molar-refractivity contribution < 1.29 is 4.74 Å². The fourth-order valence-electron chi connectivity index (χ4n) is 1.65. The van der Waals surface area contributed by atoms with Crippen LogP contribution < -0.4 is 4.74 Å². The van der Waals surface area contributed by atoms with Gasteiger partial charge in [-0.3, -0.25) is 0 Å². The first kappa shape index (κ1) is 12.0. The molecule has 0 aliphatic carbocycles. The Bertz CT molecular complexity index is 325. The largest absolute Gasteiger partial charge is 0.473 e. The lowest BCUT2D eigenvalue weighted by molar-refractivity contribution is 0.132. The van der Waals surface area contributed by atoms with Gasteiger partial charge in [0.2, 0.25) is 5.88 Å². The van der Waals surface area contributed by atoms with Crippen LogP contribution in [-0.2, 0) is 0 Å². The summed E-state index contributed by atoms with van der Waals surface area (Å²) in [6.07, 6.45) is 2.29. The Kier molecular flexibility index (Phi) is 4.31. The van der Waals surface area contributed by atoms with Crippen LogP contribution in [0.15, 0.2) is 12.1 Å². The predicted octanol–water partition coefficient (Wildman–Crippen LogP) is 2.12. The highest BCUT2D eigenvalue weighted by molar-refractivity contribution is 8.67. The molecule has 88 valence electrons. The van der Waals surface area contributed by atoms with Crippen molar-refractivity contribution in [2.45, 2.75) is 25.9 Å². The minimum Gasteiger partial charge on any atom is -0.473 e. The summed E-state index contributed by atoms with van der Waals surface area (Å²) in [5.74, 6) is 0.627. The average Bonchev–Trinajstić information content (AvgIpc) is 2.33. The van der Waals surface area contributed by atoms with Gasteiger partial charge in [-0.25, -0.2) is 4.31 Å². The van der Waals surface area contributed by atoms with Crippen molar-refractivity contribution in [1.29, 1.82) is 0 Å². The van der Waals surface area contributed by atoms with Crippen LogP contribution in [0.5, 0.6) is 5.88 Å². The lowest BCUT2D eigenvalue weighted by Crippen LogP contribution is -2.34. The van der Waals surface area contributed by atoms with Crippen LogP contribution in [0.3, 0.4) is 0 Å². The number of rotatable bonds is 3. The second-order valence-electron chi connectivity index (χ2n) is 3.84. The average molecular weight is 257 g/mol. The standard InChI is InChI=1S/C10H15N3OS2/c1-8-2-3-10(12-11-8)14-9-4-6-13(16-15)7-5-9/h2-3,9,15H,4-7H2,1H3. The fraction of sp³-hybridized carbons (Fsp3) is 0.600. The Morgan fingerprint density at radius 3 is 2.69 bits per heavy atom. The Balaban J connectivity index is 1.84. The van der Waals surface area contributed by atoms with E-state index in [0.717, 1.165) is 31.6 Å². The first-order chi connectivity index (χ1) is 7.78. The van der Waals surface area contributed by atoms with Gasteiger partial charge in [0.25, 0.3) is 0 Å². The van der Waals surface area contributed by atoms with Crippen molar-refractivity contribution in [3.8, 4) is 5.88 Å². The Labute approximate surface area is 105 Å². The van der Waals surface area contributed by atoms with Gasteiger partial charge in [0.05, 0.1) is 5.69 Å². The number of ether oxygens (including phenoxy) is 1. The van der Waals surface area contributed by atoms with Gasteiger partial charge in [-0.2, -0.15) is 5.10 Å². The summed E-state index contributed by atoms with van der Waals surface area (Å²) >= 11 is 4.18. The second-order valence-corrected chi connectivity index (χ2v) is 5.01. The molecule has 0 radical (unpaired) electrons. The van der Waals surface area contributed by atoms with Crippen LogP contribution in [0, 0.1) is 6.92 Å². The first-order valence-corrected chi connectivity index (χ1v) is 7.14. The zero-order valence-corrected chi connectivity index (χ0v) is 10.9. The molecule has 0 atom stereocenters. The van der Waals surface area contributed by atoms with Gasteiger partial charge in [-0.1, -0.05) is 11.7 Å². The lowest BCUT2D eigenvalue weighted by atomic mass is 10.1. The molecule has 0 unspecified atom stereocenters. The third-order valence-electron chi connectivity index (χ3n) is 2.58. The van der Waals surface area contributed by atoms with E-state index >= 15 is 0 Å². The van der Waals surface area contributed by atoms with E-state index in [1.54, 1.807) is 0 Å². The van der Waals surface area contributed by atoms with Crippen LogP contribution in [-0.4, -0.2) is 33.7 Å². The molecule has 0 saturated carbocycles. The molecule has 0 bridgehead atoms. The molecule has 2 rings (SSSR count). The number of aryl methyl sites for hydroxylation is 1. The van der Waals surface area contributed by atoms with Crippen molar-refractivity contribution in [2.24, 2.45) is 0 Å². The number of hydrogen-bond donors (Lipinski definition) is 1. The monoisotopic (exact) mass is 257 g/mol. The van der Waals surface area contributed by atoms with Gasteiger partial charge in [0.1, 0.15) is 6.10 Å². The van der Waals surface area contributed by atoms with Crippen LogP contribution in [0.4, 0.5) is 0 Å². The lowest BCUT2D eigenvalue weighted by Gasteiger charge is -2.29. The molecule has 0 spiro atoms. The van der Waals surface area contributed by atoms with Crippen LogP contribution in [0.25, 0.3) is 0 Å². The minimum atomic E-state index is 0.258. The van der Waals surface area contributed by atoms with Crippen molar-refractivity contribution in [3.63, 3.8) is 0 Å². The molecule has 1 aromatic heterocycles. The predicted molar refractivity (Wildman–Crippen MR) is 68.6 cm³/mol. The van der Waals surface area contributed by atoms with E-state index in [9.17, 15) is 0 Å². The van der Waals surface area contributed by atoms with Gasteiger partial charge in [-0.05, 0) is 36.8 Å². The Hall–Kier alpha value is -0.460. The van der Waals surface area contributed by atoms with E-state index in [1.165, 1.54) is 11.0 Å². The van der Waals surface area contributed by atoms with Crippen molar-refractivity contribution in [2.75, 3.05) is 13.1 Å². The van der Waals surface area contributed by atoms with Gasteiger partial charge >= 0.3 is 0 Å². The van der Waals surface area contributed by atoms with Crippen LogP contribution >= 0.6 is 22.6 Å². The number of thiol groups is 1. The molecule has 0 aromatic carbocycles. The van der Waals surface area contributed by atoms with Crippen LogP contribution in [0.2, 0.25) is 0 Å². The molecule has 6 heteroatoms. The topological polar surface area (TPSA) is 38.2 Å². The van der Waals surface area contributed by atoms with E-state index in [0.29, 0.717) is 5.88 Å². The summed E-state index contributed by atoms with van der Waals surface area (Å²) in [6.45, 7) is 3.94. The molecular formula is C10H15N3OS2. The van der Waals surface area contributed by atoms with Crippen LogP contribution in [0.1, 0.15) is 18.5 Å². The van der Waals surface area contributed by atoms with E-state index < -0.39 is 0 Å². The highest BCUT2D eigenvalue weighted by Gasteiger charge is 2.20. The summed E-state index contributed by atoms with van der Waals surface area (Å²) < 4.78 is 7.99. The highest BCUT2D eigenvalue weighted by Crippen LogP contribution is 2.23. The minimum absolute atomic E-state index is 0.258. The highest BCUT2D eigenvalue weighted by atomic mass is 33.1. The van der Waals surface area contributed by atoms with E-state index in [1.807, 2.05) is 19.1 Å². The number of hydrogen-bond acceptors (Lipinski definition) is 6. The van der Waals surface area contributed by atoms with Gasteiger partial charge in [0, 0.05) is 19.2 Å². The van der Waals surface area contributed by atoms with E-state index in [2.05, 4.69) is 26.2 Å². The summed E-state index contributed by atoms with van der Waals surface area (Å²) in [6, 6.07) is 3.79. The summed E-state index contributed by atoms with van der Waals surface area (Å²) in [5, 5.41) is 7.98. The Morgan fingerprint density at radius 2 is 2.12 bits per heavy atom. The van der Waals surface area contributed by atoms with Crippen molar-refractivity contribution in [1.82, 2.24) is 14.5 Å². The number of nitrogens with zero attached hydrogens (tertiary/aromatic N) is 3. The molecule has 1 aliphatic rings. The van der Waals surface area contributed by atoms with Crippen molar-refractivity contribution >= 4 is 22.6 Å². The smallest absolute Gasteiger partial charge is 0.233 e. The summed E-state index contributed by atoms with van der Waals surface area (Å²) in [5.41, 5.74) is 0.911. The molecule has 1 aliphatic heterocycles. The zero-order chi connectivity index (χ0) is 11.4. The molecule has 1 fully saturated rings. The molecular weight excluding hydrogens is 242 g/mol. The summed E-state index contributed by atoms with van der Waals surface area (Å²) in [4.78, 5) is 0. The summed E-state index contributed by atoms with van der Waals surface area (Å²) in [7, 11) is 1.50. The zero-order valence-electron chi connectivity index (χ0n) is 9.17. The molecule has 1 aromatic rings. The number of aromatic nitrogens is 2. The maximum atomic E-state index is 5.77. The number of piperidine rings is 1. The van der Waals surface area contributed by atoms with E-state index in [-0.39, 0.29) is 6.10 Å². The normalized spacial score (nSPS) is 18.6. The second kappa shape index (κ2) is 5.75. The third kappa shape index (κ3) is 3.26. The first-order valence-electron chi connectivity index (χ1n) is 5.31. The quantitative estimate of drug-likeness (QED) is 0.510. The maximum Gasteiger partial charge on any atom is 0.233 e. The molecule has 16 heavy (non-hydrogen) atoms. The molecule has 4 nitrogen and oxygen atoms in total. The van der Waals surface area contributed by atoms with Crippen molar-refractivity contribution in [3.05, 3.63) is 17.8 Å². The van der Waals surface area contributed by atoms with Gasteiger partial charge in [0.15, 0.2) is 0 Å².